The number of nitrogens with zero attached hydrogens (tertiary/aromatic N) is 3. The van der Waals surface area contributed by atoms with E-state index in [1.54, 1.807) is 17.4 Å². The fourth-order valence-corrected chi connectivity index (χ4v) is 4.79. The summed E-state index contributed by atoms with van der Waals surface area (Å²) >= 11 is 1.78. The second-order valence-electron chi connectivity index (χ2n) is 6.79. The Morgan fingerprint density at radius 2 is 2.22 bits per heavy atom. The molecule has 1 aromatic carbocycles. The summed E-state index contributed by atoms with van der Waals surface area (Å²) in [6.07, 6.45) is 7.02. The van der Waals surface area contributed by atoms with Gasteiger partial charge in [0, 0.05) is 46.7 Å². The Bertz CT molecular complexity index is 1050. The van der Waals surface area contributed by atoms with Crippen LogP contribution in [0.4, 0.5) is 0 Å². The van der Waals surface area contributed by atoms with Gasteiger partial charge in [0.25, 0.3) is 0 Å². The first kappa shape index (κ1) is 17.6. The lowest BCUT2D eigenvalue weighted by Crippen LogP contribution is -2.37. The highest BCUT2D eigenvalue weighted by molar-refractivity contribution is 7.10. The van der Waals surface area contributed by atoms with Crippen molar-refractivity contribution in [2.45, 2.75) is 32.4 Å². The molecule has 0 aliphatic carbocycles. The molecule has 0 saturated heterocycles. The van der Waals surface area contributed by atoms with Crippen LogP contribution < -0.4 is 0 Å². The molecule has 0 spiro atoms. The summed E-state index contributed by atoms with van der Waals surface area (Å²) in [6.45, 7) is 3.52. The van der Waals surface area contributed by atoms with E-state index in [4.69, 9.17) is 5.26 Å². The third-order valence-corrected chi connectivity index (χ3v) is 6.25. The van der Waals surface area contributed by atoms with Crippen molar-refractivity contribution in [1.82, 2.24) is 9.47 Å². The SMILES string of the molecule is CC1c2ccsc2CCN1C(=O)/C=C/c1cn(CCC#N)c2ccccc12. The minimum absolute atomic E-state index is 0.0493. The van der Waals surface area contributed by atoms with Gasteiger partial charge < -0.3 is 9.47 Å². The number of rotatable bonds is 4. The van der Waals surface area contributed by atoms with Crippen LogP contribution in [-0.4, -0.2) is 21.9 Å². The van der Waals surface area contributed by atoms with Gasteiger partial charge in [0.15, 0.2) is 0 Å². The molecule has 1 atom stereocenters. The third-order valence-electron chi connectivity index (χ3n) is 5.25. The molecule has 0 N–H and O–H groups in total. The van der Waals surface area contributed by atoms with Crippen molar-refractivity contribution >= 4 is 34.2 Å². The van der Waals surface area contributed by atoms with Gasteiger partial charge in [-0.1, -0.05) is 18.2 Å². The molecule has 3 heterocycles. The number of amides is 1. The van der Waals surface area contributed by atoms with E-state index in [-0.39, 0.29) is 11.9 Å². The zero-order valence-corrected chi connectivity index (χ0v) is 16.1. The fraction of sp³-hybridized carbons (Fsp3) is 0.273. The largest absolute Gasteiger partial charge is 0.346 e. The van der Waals surface area contributed by atoms with E-state index < -0.39 is 0 Å². The molecule has 0 fully saturated rings. The molecule has 136 valence electrons. The topological polar surface area (TPSA) is 49.0 Å². The van der Waals surface area contributed by atoms with E-state index in [2.05, 4.69) is 41.1 Å². The standard InChI is InChI=1S/C22H21N3OS/c1-16-18-10-14-27-21(18)9-13-25(16)22(26)8-7-17-15-24(12-4-11-23)20-6-3-2-5-19(17)20/h2-3,5-8,10,14-16H,4,9,12-13H2,1H3/b8-7+. The lowest BCUT2D eigenvalue weighted by atomic mass is 10.0. The molecule has 4 rings (SSSR count). The summed E-state index contributed by atoms with van der Waals surface area (Å²) in [7, 11) is 0. The van der Waals surface area contributed by atoms with Gasteiger partial charge in [-0.15, -0.1) is 11.3 Å². The Kier molecular flexibility index (Phi) is 4.83. The molecule has 4 nitrogen and oxygen atoms in total. The first-order chi connectivity index (χ1) is 13.2. The Hall–Kier alpha value is -2.84. The predicted molar refractivity (Wildman–Crippen MR) is 109 cm³/mol. The highest BCUT2D eigenvalue weighted by Crippen LogP contribution is 2.33. The van der Waals surface area contributed by atoms with Crippen molar-refractivity contribution in [1.29, 1.82) is 5.26 Å². The molecule has 1 aliphatic rings. The van der Waals surface area contributed by atoms with Gasteiger partial charge in [-0.2, -0.15) is 5.26 Å². The van der Waals surface area contributed by atoms with E-state index >= 15 is 0 Å². The monoisotopic (exact) mass is 375 g/mol. The van der Waals surface area contributed by atoms with Crippen molar-refractivity contribution < 1.29 is 4.79 Å². The zero-order valence-electron chi connectivity index (χ0n) is 15.3. The van der Waals surface area contributed by atoms with E-state index in [1.165, 1.54) is 10.4 Å². The normalized spacial score (nSPS) is 16.6. The number of benzene rings is 1. The number of thiophene rings is 1. The summed E-state index contributed by atoms with van der Waals surface area (Å²) in [5.74, 6) is 0.0493. The van der Waals surface area contributed by atoms with Crippen LogP contribution >= 0.6 is 11.3 Å². The average Bonchev–Trinajstić information content (AvgIpc) is 3.30. The zero-order chi connectivity index (χ0) is 18.8. The predicted octanol–water partition coefficient (Wildman–Crippen LogP) is 4.78. The minimum Gasteiger partial charge on any atom is -0.346 e. The van der Waals surface area contributed by atoms with Crippen LogP contribution in [0.3, 0.4) is 0 Å². The van der Waals surface area contributed by atoms with Crippen molar-refractivity contribution in [3.63, 3.8) is 0 Å². The van der Waals surface area contributed by atoms with E-state index in [9.17, 15) is 4.79 Å². The second kappa shape index (κ2) is 7.42. The lowest BCUT2D eigenvalue weighted by Gasteiger charge is -2.32. The fourth-order valence-electron chi connectivity index (χ4n) is 3.83. The molecule has 3 aromatic rings. The van der Waals surface area contributed by atoms with Gasteiger partial charge in [-0.3, -0.25) is 4.79 Å². The molecular formula is C22H21N3OS. The molecule has 2 aromatic heterocycles. The van der Waals surface area contributed by atoms with Crippen LogP contribution in [0.5, 0.6) is 0 Å². The maximum absolute atomic E-state index is 12.8. The second-order valence-corrected chi connectivity index (χ2v) is 7.79. The number of nitriles is 1. The number of aromatic nitrogens is 1. The maximum atomic E-state index is 12.8. The van der Waals surface area contributed by atoms with E-state index in [0.29, 0.717) is 13.0 Å². The summed E-state index contributed by atoms with van der Waals surface area (Å²) in [5, 5.41) is 12.1. The maximum Gasteiger partial charge on any atom is 0.247 e. The number of hydrogen-bond acceptors (Lipinski definition) is 3. The molecule has 0 saturated carbocycles. The smallest absolute Gasteiger partial charge is 0.247 e. The number of hydrogen-bond donors (Lipinski definition) is 0. The number of aryl methyl sites for hydroxylation is 1. The molecule has 5 heteroatoms. The first-order valence-corrected chi connectivity index (χ1v) is 10.1. The Balaban J connectivity index is 1.58. The van der Waals surface area contributed by atoms with Gasteiger partial charge in [-0.25, -0.2) is 0 Å². The van der Waals surface area contributed by atoms with Gasteiger partial charge in [0.1, 0.15) is 0 Å². The van der Waals surface area contributed by atoms with Crippen LogP contribution in [0.2, 0.25) is 0 Å². The van der Waals surface area contributed by atoms with Gasteiger partial charge in [0.05, 0.1) is 18.5 Å². The minimum atomic E-state index is 0.0493. The van der Waals surface area contributed by atoms with E-state index in [0.717, 1.165) is 29.4 Å². The molecular weight excluding hydrogens is 354 g/mol. The van der Waals surface area contributed by atoms with Crippen LogP contribution in [0, 0.1) is 11.3 Å². The summed E-state index contributed by atoms with van der Waals surface area (Å²) in [4.78, 5) is 16.2. The van der Waals surface area contributed by atoms with Gasteiger partial charge in [-0.05, 0) is 42.5 Å². The molecule has 0 bridgehead atoms. The quantitative estimate of drug-likeness (QED) is 0.617. The van der Waals surface area contributed by atoms with Crippen LogP contribution in [0.25, 0.3) is 17.0 Å². The summed E-state index contributed by atoms with van der Waals surface area (Å²) in [6, 6.07) is 12.6. The molecule has 1 aliphatic heterocycles. The molecule has 1 amide bonds. The first-order valence-electron chi connectivity index (χ1n) is 9.19. The Morgan fingerprint density at radius 1 is 1.37 bits per heavy atom. The Morgan fingerprint density at radius 3 is 3.07 bits per heavy atom. The molecule has 0 radical (unpaired) electrons. The van der Waals surface area contributed by atoms with Crippen molar-refractivity contribution in [2.24, 2.45) is 0 Å². The van der Waals surface area contributed by atoms with Crippen molar-refractivity contribution in [3.05, 3.63) is 64.0 Å². The van der Waals surface area contributed by atoms with Gasteiger partial charge in [0.2, 0.25) is 5.91 Å². The lowest BCUT2D eigenvalue weighted by molar-refractivity contribution is -0.128. The number of para-hydroxylation sites is 1. The molecule has 27 heavy (non-hydrogen) atoms. The number of fused-ring (bicyclic) bond motifs is 2. The van der Waals surface area contributed by atoms with Crippen LogP contribution in [0.15, 0.2) is 48.0 Å². The van der Waals surface area contributed by atoms with Crippen molar-refractivity contribution in [3.8, 4) is 6.07 Å². The van der Waals surface area contributed by atoms with E-state index in [1.807, 2.05) is 29.3 Å². The third kappa shape index (κ3) is 3.29. The van der Waals surface area contributed by atoms with Gasteiger partial charge >= 0.3 is 0 Å². The average molecular weight is 375 g/mol. The highest BCUT2D eigenvalue weighted by atomic mass is 32.1. The number of carbonyl (C=O) groups excluding carboxylic acids is 1. The van der Waals surface area contributed by atoms with Crippen LogP contribution in [0.1, 0.15) is 35.4 Å². The molecule has 1 unspecified atom stereocenters. The Labute approximate surface area is 162 Å². The summed E-state index contributed by atoms with van der Waals surface area (Å²) < 4.78 is 2.09. The highest BCUT2D eigenvalue weighted by Gasteiger charge is 2.27. The number of carbonyl (C=O) groups is 1. The summed E-state index contributed by atoms with van der Waals surface area (Å²) in [5.41, 5.74) is 3.38. The van der Waals surface area contributed by atoms with Crippen molar-refractivity contribution in [2.75, 3.05) is 6.54 Å². The van der Waals surface area contributed by atoms with Crippen LogP contribution in [-0.2, 0) is 17.8 Å².